The minimum Gasteiger partial charge on any atom is -0.495 e. The van der Waals surface area contributed by atoms with Gasteiger partial charge in [-0.05, 0) is 42.8 Å². The highest BCUT2D eigenvalue weighted by Gasteiger charge is 2.24. The minimum atomic E-state index is -0.507. The van der Waals surface area contributed by atoms with E-state index in [1.165, 1.54) is 12.1 Å². The van der Waals surface area contributed by atoms with Crippen molar-refractivity contribution in [2.24, 2.45) is 0 Å². The van der Waals surface area contributed by atoms with Crippen molar-refractivity contribution in [1.29, 1.82) is 0 Å². The van der Waals surface area contributed by atoms with Gasteiger partial charge >= 0.3 is 0 Å². The molecule has 2 aliphatic rings. The number of benzene rings is 2. The van der Waals surface area contributed by atoms with E-state index in [1.807, 2.05) is 35.9 Å². The number of aliphatic hydroxyl groups is 1. The highest BCUT2D eigenvalue weighted by Crippen LogP contribution is 2.38. The summed E-state index contributed by atoms with van der Waals surface area (Å²) in [6.45, 7) is 1.70. The molecule has 3 heterocycles. The molecule has 34 heavy (non-hydrogen) atoms. The summed E-state index contributed by atoms with van der Waals surface area (Å²) >= 11 is 6.47. The van der Waals surface area contributed by atoms with E-state index >= 15 is 0 Å². The van der Waals surface area contributed by atoms with Gasteiger partial charge in [0, 0.05) is 23.5 Å². The molecule has 0 saturated heterocycles. The Morgan fingerprint density at radius 2 is 1.88 bits per heavy atom. The number of halogens is 2. The summed E-state index contributed by atoms with van der Waals surface area (Å²) in [5, 5.41) is 19.4. The van der Waals surface area contributed by atoms with Crippen LogP contribution >= 0.6 is 11.6 Å². The van der Waals surface area contributed by atoms with Crippen molar-refractivity contribution < 1.29 is 14.2 Å². The first-order chi connectivity index (χ1) is 16.5. The SMILES string of the molecule is COc1cc(-c2nnc3n([C@@H](CO)c4ccc(F)cc4)cc(Cl)cc2-3)ccc1-n1cnc(C)c1. The maximum Gasteiger partial charge on any atom is 0.165 e. The van der Waals surface area contributed by atoms with Crippen LogP contribution in [0.2, 0.25) is 5.02 Å². The van der Waals surface area contributed by atoms with Crippen LogP contribution < -0.4 is 4.74 Å². The highest BCUT2D eigenvalue weighted by atomic mass is 35.5. The fourth-order valence-corrected chi connectivity index (χ4v) is 4.30. The van der Waals surface area contributed by atoms with Crippen LogP contribution in [0, 0.1) is 12.7 Å². The van der Waals surface area contributed by atoms with E-state index in [4.69, 9.17) is 16.3 Å². The van der Waals surface area contributed by atoms with E-state index in [0.29, 0.717) is 22.3 Å². The molecule has 172 valence electrons. The molecular weight excluding hydrogens is 457 g/mol. The van der Waals surface area contributed by atoms with Gasteiger partial charge in [-0.25, -0.2) is 9.37 Å². The Morgan fingerprint density at radius 1 is 1.09 bits per heavy atom. The maximum atomic E-state index is 13.4. The number of aryl methyl sites for hydroxylation is 1. The van der Waals surface area contributed by atoms with Crippen molar-refractivity contribution in [1.82, 2.24) is 24.3 Å². The Kier molecular flexibility index (Phi) is 5.77. The lowest BCUT2D eigenvalue weighted by molar-refractivity contribution is 0.249. The number of methoxy groups -OCH3 is 1. The molecule has 0 aliphatic carbocycles. The third-order valence-corrected chi connectivity index (χ3v) is 5.94. The third-order valence-electron chi connectivity index (χ3n) is 5.74. The quantitative estimate of drug-likeness (QED) is 0.375. The Balaban J connectivity index is 1.58. The smallest absolute Gasteiger partial charge is 0.165 e. The highest BCUT2D eigenvalue weighted by molar-refractivity contribution is 6.30. The summed E-state index contributed by atoms with van der Waals surface area (Å²) in [7, 11) is 1.61. The fraction of sp³-hybridized carbons (Fsp3) is 0.160. The van der Waals surface area contributed by atoms with Crippen LogP contribution in [-0.4, -0.2) is 43.1 Å². The van der Waals surface area contributed by atoms with Gasteiger partial charge in [-0.2, -0.15) is 0 Å². The van der Waals surface area contributed by atoms with Crippen LogP contribution in [0.3, 0.4) is 0 Å². The molecular formula is C25H21ClFN5O2. The summed E-state index contributed by atoms with van der Waals surface area (Å²) in [5.74, 6) is 0.858. The molecule has 1 aromatic heterocycles. The molecule has 2 aromatic carbocycles. The van der Waals surface area contributed by atoms with Gasteiger partial charge < -0.3 is 19.0 Å². The van der Waals surface area contributed by atoms with Gasteiger partial charge in [0.25, 0.3) is 0 Å². The first kappa shape index (κ1) is 22.1. The molecule has 1 atom stereocenters. The summed E-state index contributed by atoms with van der Waals surface area (Å²) < 4.78 is 22.7. The molecule has 0 spiro atoms. The van der Waals surface area contributed by atoms with Crippen LogP contribution in [-0.2, 0) is 0 Å². The van der Waals surface area contributed by atoms with Crippen LogP contribution in [0.4, 0.5) is 4.39 Å². The average molecular weight is 478 g/mol. The molecule has 5 rings (SSSR count). The number of ether oxygens (including phenoxy) is 1. The van der Waals surface area contributed by atoms with Gasteiger partial charge in [0.05, 0.1) is 42.5 Å². The number of aromatic nitrogens is 5. The molecule has 1 N–H and O–H groups in total. The van der Waals surface area contributed by atoms with Crippen LogP contribution in [0.25, 0.3) is 28.3 Å². The normalized spacial score (nSPS) is 12.3. The van der Waals surface area contributed by atoms with Crippen LogP contribution in [0.15, 0.2) is 67.3 Å². The summed E-state index contributed by atoms with van der Waals surface area (Å²) in [6.07, 6.45) is 5.35. The first-order valence-corrected chi connectivity index (χ1v) is 11.0. The number of pyridine rings is 1. The minimum absolute atomic E-state index is 0.221. The Hall–Kier alpha value is -3.75. The summed E-state index contributed by atoms with van der Waals surface area (Å²) in [5.41, 5.74) is 4.63. The zero-order valence-electron chi connectivity index (χ0n) is 18.5. The standard InChI is InChI=1S/C25H21ClFN5O2/c1-15-11-31(14-28-15)21-8-5-17(9-23(21)34-2)24-20-10-18(26)12-32(25(20)30-29-24)22(13-33)16-3-6-19(27)7-4-16/h3-12,14,22,33H,13H2,1-2H3/t22-/m0/s1. The largest absolute Gasteiger partial charge is 0.495 e. The van der Waals surface area contributed by atoms with E-state index in [2.05, 4.69) is 15.2 Å². The lowest BCUT2D eigenvalue weighted by Gasteiger charge is -2.22. The van der Waals surface area contributed by atoms with Crippen molar-refractivity contribution in [3.05, 3.63) is 89.3 Å². The zero-order valence-corrected chi connectivity index (χ0v) is 19.2. The number of imidazole rings is 1. The van der Waals surface area contributed by atoms with E-state index < -0.39 is 6.04 Å². The molecule has 0 bridgehead atoms. The van der Waals surface area contributed by atoms with Gasteiger partial charge in [0.2, 0.25) is 0 Å². The number of fused-ring (bicyclic) bond motifs is 1. The lowest BCUT2D eigenvalue weighted by Crippen LogP contribution is -2.17. The molecule has 3 aromatic rings. The number of hydrogen-bond acceptors (Lipinski definition) is 5. The number of hydrogen-bond donors (Lipinski definition) is 1. The van der Waals surface area contributed by atoms with Crippen molar-refractivity contribution in [2.75, 3.05) is 13.7 Å². The predicted octanol–water partition coefficient (Wildman–Crippen LogP) is 4.93. The van der Waals surface area contributed by atoms with Gasteiger partial charge in [-0.3, -0.25) is 0 Å². The van der Waals surface area contributed by atoms with Crippen LogP contribution in [0.1, 0.15) is 17.3 Å². The Bertz CT molecular complexity index is 1430. The lowest BCUT2D eigenvalue weighted by atomic mass is 10.0. The molecule has 0 radical (unpaired) electrons. The topological polar surface area (TPSA) is 78.0 Å². The van der Waals surface area contributed by atoms with Gasteiger partial charge in [0.1, 0.15) is 17.3 Å². The predicted molar refractivity (Wildman–Crippen MR) is 127 cm³/mol. The van der Waals surface area contributed by atoms with Crippen molar-refractivity contribution in [2.45, 2.75) is 13.0 Å². The molecule has 0 fully saturated rings. The van der Waals surface area contributed by atoms with Crippen molar-refractivity contribution >= 4 is 11.6 Å². The van der Waals surface area contributed by atoms with Gasteiger partial charge in [0.15, 0.2) is 5.82 Å². The molecule has 7 nitrogen and oxygen atoms in total. The second kappa shape index (κ2) is 8.89. The zero-order chi connectivity index (χ0) is 23.8. The maximum absolute atomic E-state index is 13.4. The molecule has 9 heteroatoms. The van der Waals surface area contributed by atoms with Crippen molar-refractivity contribution in [3.63, 3.8) is 0 Å². The second-order valence-electron chi connectivity index (χ2n) is 7.91. The molecule has 0 saturated carbocycles. The average Bonchev–Trinajstić information content (AvgIpc) is 3.46. The molecule has 0 amide bonds. The van der Waals surface area contributed by atoms with Gasteiger partial charge in [-0.1, -0.05) is 29.8 Å². The number of aliphatic hydroxyl groups excluding tert-OH is 1. The monoisotopic (exact) mass is 477 g/mol. The number of rotatable bonds is 6. The fourth-order valence-electron chi connectivity index (χ4n) is 4.08. The number of nitrogens with zero attached hydrogens (tertiary/aromatic N) is 5. The van der Waals surface area contributed by atoms with Crippen molar-refractivity contribution in [3.8, 4) is 34.1 Å². The van der Waals surface area contributed by atoms with E-state index in [9.17, 15) is 9.50 Å². The van der Waals surface area contributed by atoms with Gasteiger partial charge in [-0.15, -0.1) is 10.2 Å². The van der Waals surface area contributed by atoms with E-state index in [0.717, 1.165) is 28.1 Å². The Labute approximate surface area is 200 Å². The van der Waals surface area contributed by atoms with E-state index in [1.54, 1.807) is 42.4 Å². The van der Waals surface area contributed by atoms with E-state index in [-0.39, 0.29) is 12.4 Å². The Morgan fingerprint density at radius 3 is 2.56 bits per heavy atom. The first-order valence-electron chi connectivity index (χ1n) is 10.6. The molecule has 2 aliphatic heterocycles. The third kappa shape index (κ3) is 3.91. The second-order valence-corrected chi connectivity index (χ2v) is 8.35. The summed E-state index contributed by atoms with van der Waals surface area (Å²) in [6, 6.07) is 13.0. The summed E-state index contributed by atoms with van der Waals surface area (Å²) in [4.78, 5) is 4.28. The molecule has 0 unspecified atom stereocenters. The van der Waals surface area contributed by atoms with Crippen LogP contribution in [0.5, 0.6) is 5.75 Å².